The molecule has 25 heavy (non-hydrogen) atoms. The van der Waals surface area contributed by atoms with E-state index < -0.39 is 17.7 Å². The minimum atomic E-state index is -0.900. The van der Waals surface area contributed by atoms with Gasteiger partial charge in [-0.1, -0.05) is 6.92 Å². The van der Waals surface area contributed by atoms with Gasteiger partial charge in [0.1, 0.15) is 11.3 Å². The number of hydrogen-bond acceptors (Lipinski definition) is 5. The summed E-state index contributed by atoms with van der Waals surface area (Å²) in [6.07, 6.45) is 0.300. The number of hydrogen-bond donors (Lipinski definition) is 2. The van der Waals surface area contributed by atoms with Crippen LogP contribution in [0.15, 0.2) is 33.5 Å². The molecule has 1 heterocycles. The quantitative estimate of drug-likeness (QED) is 0.559. The summed E-state index contributed by atoms with van der Waals surface area (Å²) in [6.45, 7) is 3.82. The highest BCUT2D eigenvalue weighted by Crippen LogP contribution is 2.23. The Kier molecular flexibility index (Phi) is 6.16. The van der Waals surface area contributed by atoms with Crippen molar-refractivity contribution in [3.63, 3.8) is 0 Å². The zero-order valence-electron chi connectivity index (χ0n) is 14.2. The molecule has 0 fully saturated rings. The van der Waals surface area contributed by atoms with Crippen LogP contribution in [0.2, 0.25) is 0 Å². The van der Waals surface area contributed by atoms with Gasteiger partial charge in [0.15, 0.2) is 6.10 Å². The number of fused-ring (bicyclic) bond motifs is 1. The molecule has 0 aliphatic heterocycles. The molecule has 0 unspecified atom stereocenters. The molecule has 2 aromatic rings. The van der Waals surface area contributed by atoms with Crippen molar-refractivity contribution in [3.8, 4) is 5.75 Å². The van der Waals surface area contributed by atoms with E-state index >= 15 is 0 Å². The molecular formula is C18H21NO6. The highest BCUT2D eigenvalue weighted by atomic mass is 16.5. The second-order valence-electron chi connectivity index (χ2n) is 5.65. The van der Waals surface area contributed by atoms with Crippen molar-refractivity contribution in [1.29, 1.82) is 0 Å². The third kappa shape index (κ3) is 5.07. The average Bonchev–Trinajstić information content (AvgIpc) is 2.57. The molecule has 0 aliphatic rings. The van der Waals surface area contributed by atoms with Crippen LogP contribution in [-0.4, -0.2) is 29.6 Å². The van der Waals surface area contributed by atoms with Crippen LogP contribution in [0.3, 0.4) is 0 Å². The van der Waals surface area contributed by atoms with Crippen LogP contribution in [-0.2, 0) is 16.0 Å². The first-order valence-electron chi connectivity index (χ1n) is 8.13. The van der Waals surface area contributed by atoms with Crippen molar-refractivity contribution < 1.29 is 23.8 Å². The number of carbonyl (C=O) groups is 2. The summed E-state index contributed by atoms with van der Waals surface area (Å²) >= 11 is 0. The van der Waals surface area contributed by atoms with Crippen molar-refractivity contribution in [1.82, 2.24) is 5.32 Å². The van der Waals surface area contributed by atoms with Gasteiger partial charge >= 0.3 is 11.6 Å². The van der Waals surface area contributed by atoms with Crippen LogP contribution in [0.4, 0.5) is 0 Å². The van der Waals surface area contributed by atoms with E-state index in [0.29, 0.717) is 24.2 Å². The molecule has 1 amide bonds. The van der Waals surface area contributed by atoms with Crippen LogP contribution in [0, 0.1) is 0 Å². The molecule has 134 valence electrons. The van der Waals surface area contributed by atoms with Crippen molar-refractivity contribution >= 4 is 22.8 Å². The minimum Gasteiger partial charge on any atom is -0.481 e. The summed E-state index contributed by atoms with van der Waals surface area (Å²) in [7, 11) is 0. The number of carbonyl (C=O) groups excluding carboxylic acids is 1. The van der Waals surface area contributed by atoms with E-state index in [-0.39, 0.29) is 18.9 Å². The van der Waals surface area contributed by atoms with Gasteiger partial charge in [-0.15, -0.1) is 0 Å². The van der Waals surface area contributed by atoms with Crippen molar-refractivity contribution in [3.05, 3.63) is 40.2 Å². The first-order chi connectivity index (χ1) is 11.9. The molecule has 2 N–H and O–H groups in total. The summed E-state index contributed by atoms with van der Waals surface area (Å²) in [5, 5.41) is 12.0. The summed E-state index contributed by atoms with van der Waals surface area (Å²) < 4.78 is 10.8. The monoisotopic (exact) mass is 347 g/mol. The van der Waals surface area contributed by atoms with Crippen LogP contribution in [0.1, 0.15) is 32.3 Å². The normalized spacial score (nSPS) is 11.9. The summed E-state index contributed by atoms with van der Waals surface area (Å²) in [5.41, 5.74) is 0.878. The Morgan fingerprint density at radius 3 is 2.76 bits per heavy atom. The minimum absolute atomic E-state index is 0.00100. The number of carboxylic acids is 1. The molecule has 7 nitrogen and oxygen atoms in total. The Bertz CT molecular complexity index is 826. The lowest BCUT2D eigenvalue weighted by atomic mass is 10.1. The molecule has 0 saturated heterocycles. The molecule has 0 radical (unpaired) electrons. The Morgan fingerprint density at radius 2 is 2.08 bits per heavy atom. The van der Waals surface area contributed by atoms with Crippen molar-refractivity contribution in [2.45, 2.75) is 39.2 Å². The fourth-order valence-corrected chi connectivity index (χ4v) is 2.43. The van der Waals surface area contributed by atoms with Gasteiger partial charge in [-0.3, -0.25) is 9.59 Å². The molecule has 1 aromatic heterocycles. The zero-order valence-corrected chi connectivity index (χ0v) is 14.2. The number of aryl methyl sites for hydroxylation is 1. The Balaban J connectivity index is 2.03. The molecule has 0 saturated carbocycles. The molecule has 1 aromatic carbocycles. The fraction of sp³-hybridized carbons (Fsp3) is 0.389. The summed E-state index contributed by atoms with van der Waals surface area (Å²) in [4.78, 5) is 34.0. The van der Waals surface area contributed by atoms with Gasteiger partial charge < -0.3 is 19.6 Å². The first kappa shape index (κ1) is 18.5. The third-order valence-corrected chi connectivity index (χ3v) is 3.73. The van der Waals surface area contributed by atoms with Crippen molar-refractivity contribution in [2.75, 3.05) is 6.54 Å². The van der Waals surface area contributed by atoms with E-state index in [4.69, 9.17) is 14.3 Å². The highest BCUT2D eigenvalue weighted by molar-refractivity contribution is 5.83. The van der Waals surface area contributed by atoms with Crippen LogP contribution in [0.5, 0.6) is 5.75 Å². The van der Waals surface area contributed by atoms with Gasteiger partial charge in [0.05, 0.1) is 0 Å². The number of ether oxygens (including phenoxy) is 1. The van der Waals surface area contributed by atoms with Gasteiger partial charge in [-0.2, -0.15) is 0 Å². The van der Waals surface area contributed by atoms with Crippen LogP contribution >= 0.6 is 0 Å². The Labute approximate surface area is 144 Å². The first-order valence-corrected chi connectivity index (χ1v) is 8.13. The topological polar surface area (TPSA) is 106 Å². The third-order valence-electron chi connectivity index (χ3n) is 3.73. The number of rotatable bonds is 8. The lowest BCUT2D eigenvalue weighted by Gasteiger charge is -2.15. The van der Waals surface area contributed by atoms with Gasteiger partial charge in [0.25, 0.3) is 5.91 Å². The molecule has 7 heteroatoms. The van der Waals surface area contributed by atoms with E-state index in [1.54, 1.807) is 25.1 Å². The summed E-state index contributed by atoms with van der Waals surface area (Å²) in [6, 6.07) is 6.57. The molecule has 0 bridgehead atoms. The number of benzene rings is 1. The van der Waals surface area contributed by atoms with E-state index in [1.165, 1.54) is 6.07 Å². The van der Waals surface area contributed by atoms with Gasteiger partial charge in [-0.05, 0) is 37.5 Å². The van der Waals surface area contributed by atoms with E-state index in [2.05, 4.69) is 5.32 Å². The smallest absolute Gasteiger partial charge is 0.336 e. The van der Waals surface area contributed by atoms with Crippen LogP contribution < -0.4 is 15.7 Å². The van der Waals surface area contributed by atoms with Gasteiger partial charge in [0, 0.05) is 30.5 Å². The standard InChI is InChI=1S/C18H21NO6/c1-3-12-9-17(22)25-15-10-13(6-7-14(12)15)24-11(2)18(23)19-8-4-5-16(20)21/h6-7,9-11H,3-5,8H2,1-2H3,(H,19,23)(H,20,21)/t11-/m0/s1. The number of aliphatic carboxylic acids is 1. The molecule has 1 atom stereocenters. The maximum atomic E-state index is 12.0. The predicted molar refractivity (Wildman–Crippen MR) is 91.8 cm³/mol. The largest absolute Gasteiger partial charge is 0.481 e. The second-order valence-corrected chi connectivity index (χ2v) is 5.65. The number of nitrogens with one attached hydrogen (secondary N) is 1. The van der Waals surface area contributed by atoms with E-state index in [9.17, 15) is 14.4 Å². The lowest BCUT2D eigenvalue weighted by Crippen LogP contribution is -2.36. The molecule has 2 rings (SSSR count). The molecule has 0 aliphatic carbocycles. The van der Waals surface area contributed by atoms with Crippen molar-refractivity contribution in [2.24, 2.45) is 0 Å². The van der Waals surface area contributed by atoms with E-state index in [0.717, 1.165) is 10.9 Å². The fourth-order valence-electron chi connectivity index (χ4n) is 2.43. The molecule has 0 spiro atoms. The molecular weight excluding hydrogens is 326 g/mol. The number of carboxylic acid groups (broad SMARTS) is 1. The number of amides is 1. The second kappa shape index (κ2) is 8.32. The van der Waals surface area contributed by atoms with Gasteiger partial charge in [0.2, 0.25) is 0 Å². The average molecular weight is 347 g/mol. The SMILES string of the molecule is CCc1cc(=O)oc2cc(O[C@@H](C)C(=O)NCCCC(=O)O)ccc12. The predicted octanol–water partition coefficient (Wildman–Crippen LogP) is 2.10. The van der Waals surface area contributed by atoms with Crippen LogP contribution in [0.25, 0.3) is 11.0 Å². The maximum Gasteiger partial charge on any atom is 0.336 e. The van der Waals surface area contributed by atoms with E-state index in [1.807, 2.05) is 6.92 Å². The highest BCUT2D eigenvalue weighted by Gasteiger charge is 2.15. The van der Waals surface area contributed by atoms with Gasteiger partial charge in [-0.25, -0.2) is 4.79 Å². The lowest BCUT2D eigenvalue weighted by molar-refractivity contribution is -0.137. The Hall–Kier alpha value is -2.83. The Morgan fingerprint density at radius 1 is 1.32 bits per heavy atom. The summed E-state index contributed by atoms with van der Waals surface area (Å²) in [5.74, 6) is -0.825. The maximum absolute atomic E-state index is 12.0. The zero-order chi connectivity index (χ0) is 18.4.